The number of carbonyl (C=O) groups excluding carboxylic acids is 5. The van der Waals surface area contributed by atoms with Crippen molar-refractivity contribution in [2.75, 3.05) is 13.1 Å². The van der Waals surface area contributed by atoms with Gasteiger partial charge in [-0.05, 0) is 58.8 Å². The van der Waals surface area contributed by atoms with Gasteiger partial charge in [0, 0.05) is 30.5 Å². The third kappa shape index (κ3) is 8.28. The van der Waals surface area contributed by atoms with Crippen LogP contribution in [0.3, 0.4) is 0 Å². The number of amides is 5. The topological polar surface area (TPSA) is 137 Å². The number of hydrogen-bond donors (Lipinski definition) is 4. The van der Waals surface area contributed by atoms with Crippen molar-refractivity contribution in [2.24, 2.45) is 17.8 Å². The molecule has 0 aromatic rings. The number of hydrogen-bond acceptors (Lipinski definition) is 5. The van der Waals surface area contributed by atoms with E-state index < -0.39 is 57.5 Å². The van der Waals surface area contributed by atoms with E-state index in [1.165, 1.54) is 4.90 Å². The quantitative estimate of drug-likeness (QED) is 0.108. The summed E-state index contributed by atoms with van der Waals surface area (Å²) in [6, 6.07) is -3.48. The zero-order valence-electron chi connectivity index (χ0n) is 24.8. The Balaban J connectivity index is 1.83. The van der Waals surface area contributed by atoms with Crippen molar-refractivity contribution < 1.29 is 24.0 Å². The van der Waals surface area contributed by atoms with Gasteiger partial charge >= 0.3 is 6.03 Å². The number of piperidine rings is 1. The summed E-state index contributed by atoms with van der Waals surface area (Å²) in [6.07, 6.45) is 8.74. The fourth-order valence-corrected chi connectivity index (χ4v) is 6.85. The third-order valence-electron chi connectivity index (χ3n) is 8.20. The maximum absolute atomic E-state index is 14.1. The maximum Gasteiger partial charge on any atom is 0.315 e. The molecule has 1 saturated heterocycles. The number of allylic oxidation sites excluding steroid dienone is 1. The number of halogens is 2. The molecule has 0 aromatic heterocycles. The van der Waals surface area contributed by atoms with Crippen LogP contribution in [0, 0.1) is 17.8 Å². The Morgan fingerprint density at radius 3 is 2.24 bits per heavy atom. The molecule has 0 bridgehead atoms. The molecule has 1 aliphatic heterocycles. The number of urea groups is 1. The summed E-state index contributed by atoms with van der Waals surface area (Å²) < 4.78 is -1.20. The Morgan fingerprint density at radius 1 is 1.00 bits per heavy atom. The van der Waals surface area contributed by atoms with E-state index in [9.17, 15) is 24.0 Å². The Morgan fingerprint density at radius 2 is 1.64 bits per heavy atom. The molecule has 10 nitrogen and oxygen atoms in total. The van der Waals surface area contributed by atoms with Gasteiger partial charge in [0.25, 0.3) is 5.91 Å². The SMILES string of the molecule is C=CCCNC(=O)C(=O)C(CCC=C)NC(=O)[C@@H]1[C@@H]2[C@H](CN1C(=O)C(NC(=O)NC(C)(C)C)C1CCCCC1)C2(Cl)Cl. The van der Waals surface area contributed by atoms with E-state index in [0.717, 1.165) is 32.1 Å². The highest BCUT2D eigenvalue weighted by Crippen LogP contribution is 2.65. The molecule has 234 valence electrons. The van der Waals surface area contributed by atoms with Crippen LogP contribution >= 0.6 is 23.2 Å². The van der Waals surface area contributed by atoms with Crippen LogP contribution in [-0.4, -0.2) is 75.5 Å². The molecule has 5 atom stereocenters. The fraction of sp³-hybridized carbons (Fsp3) is 0.700. The predicted octanol–water partition coefficient (Wildman–Crippen LogP) is 3.38. The number of Topliss-reactive ketones (excluding diaryl/α,β-unsaturated/α-hetero) is 1. The number of nitrogens with one attached hydrogen (secondary N) is 4. The van der Waals surface area contributed by atoms with Crippen LogP contribution in [0.2, 0.25) is 0 Å². The van der Waals surface area contributed by atoms with Crippen molar-refractivity contribution in [1.82, 2.24) is 26.2 Å². The normalized spacial score (nSPS) is 24.4. The van der Waals surface area contributed by atoms with Gasteiger partial charge in [0.15, 0.2) is 0 Å². The first-order valence-electron chi connectivity index (χ1n) is 14.8. The zero-order chi connectivity index (χ0) is 31.2. The summed E-state index contributed by atoms with van der Waals surface area (Å²) >= 11 is 13.0. The van der Waals surface area contributed by atoms with Gasteiger partial charge in [-0.3, -0.25) is 19.2 Å². The molecule has 2 saturated carbocycles. The van der Waals surface area contributed by atoms with E-state index in [1.54, 1.807) is 12.2 Å². The second-order valence-electron chi connectivity index (χ2n) is 12.6. The van der Waals surface area contributed by atoms with Crippen LogP contribution in [0.5, 0.6) is 0 Å². The van der Waals surface area contributed by atoms with Crippen LogP contribution in [-0.2, 0) is 19.2 Å². The molecule has 3 aliphatic rings. The summed E-state index contributed by atoms with van der Waals surface area (Å²) in [5, 5.41) is 11.0. The molecule has 2 unspecified atom stereocenters. The van der Waals surface area contributed by atoms with Gasteiger partial charge in [-0.2, -0.15) is 0 Å². The van der Waals surface area contributed by atoms with Gasteiger partial charge in [0.05, 0.1) is 6.04 Å². The summed E-state index contributed by atoms with van der Waals surface area (Å²) in [5.41, 5.74) is -0.510. The maximum atomic E-state index is 14.1. The molecule has 5 amide bonds. The summed E-state index contributed by atoms with van der Waals surface area (Å²) in [5.74, 6) is -3.56. The number of rotatable bonds is 13. The standard InChI is InChI=1S/C30H45Cl2N5O5/c1-6-8-15-20(24(38)26(40)33-16-9-7-2)34-25(39)23-21-19(30(21,31)32)17-37(23)27(41)22(18-13-11-10-12-14-18)35-28(42)36-29(3,4)5/h6-7,18-23H,1-2,8-17H2,3-5H3,(H,33,40)(H,34,39)(H2,35,36,42)/t19-,20?,21-,22?,23-/m0/s1. The third-order valence-corrected chi connectivity index (χ3v) is 9.26. The van der Waals surface area contributed by atoms with Gasteiger partial charge in [-0.1, -0.05) is 31.4 Å². The second kappa shape index (κ2) is 14.3. The number of carbonyl (C=O) groups is 5. The van der Waals surface area contributed by atoms with Crippen LogP contribution in [0.1, 0.15) is 72.1 Å². The lowest BCUT2D eigenvalue weighted by molar-refractivity contribution is -0.144. The molecule has 0 aromatic carbocycles. The largest absolute Gasteiger partial charge is 0.349 e. The highest BCUT2D eigenvalue weighted by molar-refractivity contribution is 6.51. The molecule has 12 heteroatoms. The number of nitrogens with zero attached hydrogens (tertiary/aromatic N) is 1. The average molecular weight is 627 g/mol. The summed E-state index contributed by atoms with van der Waals surface area (Å²) in [4.78, 5) is 67.8. The molecule has 3 rings (SSSR count). The van der Waals surface area contributed by atoms with Gasteiger partial charge in [-0.15, -0.1) is 36.4 Å². The molecule has 42 heavy (non-hydrogen) atoms. The van der Waals surface area contributed by atoms with Crippen LogP contribution in [0.15, 0.2) is 25.3 Å². The van der Waals surface area contributed by atoms with Gasteiger partial charge in [-0.25, -0.2) is 4.79 Å². The van der Waals surface area contributed by atoms with Crippen LogP contribution in [0.25, 0.3) is 0 Å². The molecule has 2 aliphatic carbocycles. The van der Waals surface area contributed by atoms with Crippen LogP contribution < -0.4 is 21.3 Å². The highest BCUT2D eigenvalue weighted by Gasteiger charge is 2.74. The fourth-order valence-electron chi connectivity index (χ4n) is 6.02. The highest BCUT2D eigenvalue weighted by atomic mass is 35.5. The average Bonchev–Trinajstić information content (AvgIpc) is 3.24. The molecular weight excluding hydrogens is 581 g/mol. The number of fused-ring (bicyclic) bond motifs is 1. The predicted molar refractivity (Wildman–Crippen MR) is 163 cm³/mol. The van der Waals surface area contributed by atoms with Crippen molar-refractivity contribution in [1.29, 1.82) is 0 Å². The number of alkyl halides is 2. The smallest absolute Gasteiger partial charge is 0.315 e. The van der Waals surface area contributed by atoms with Crippen molar-refractivity contribution in [2.45, 2.75) is 100 Å². The van der Waals surface area contributed by atoms with Crippen molar-refractivity contribution >= 4 is 52.7 Å². The van der Waals surface area contributed by atoms with Crippen LogP contribution in [0.4, 0.5) is 4.79 Å². The zero-order valence-corrected chi connectivity index (χ0v) is 26.4. The minimum absolute atomic E-state index is 0.0875. The molecule has 1 heterocycles. The van der Waals surface area contributed by atoms with Gasteiger partial charge in [0.2, 0.25) is 17.6 Å². The molecule has 0 radical (unpaired) electrons. The lowest BCUT2D eigenvalue weighted by atomic mass is 9.83. The van der Waals surface area contributed by atoms with Gasteiger partial charge < -0.3 is 26.2 Å². The Bertz CT molecular complexity index is 1070. The summed E-state index contributed by atoms with van der Waals surface area (Å²) in [7, 11) is 0. The summed E-state index contributed by atoms with van der Waals surface area (Å²) in [6.45, 7) is 13.2. The number of ketones is 1. The first-order valence-corrected chi connectivity index (χ1v) is 15.6. The monoisotopic (exact) mass is 625 g/mol. The van der Waals surface area contributed by atoms with E-state index in [1.807, 2.05) is 20.8 Å². The van der Waals surface area contributed by atoms with E-state index in [2.05, 4.69) is 34.4 Å². The first kappa shape index (κ1) is 33.9. The molecule has 4 N–H and O–H groups in total. The first-order chi connectivity index (χ1) is 19.7. The number of likely N-dealkylation sites (tertiary alicyclic amines) is 1. The van der Waals surface area contributed by atoms with Crippen molar-refractivity contribution in [3.63, 3.8) is 0 Å². The Kier molecular flexibility index (Phi) is 11.5. The van der Waals surface area contributed by atoms with E-state index in [0.29, 0.717) is 12.8 Å². The lowest BCUT2D eigenvalue weighted by Gasteiger charge is -2.37. The van der Waals surface area contributed by atoms with E-state index in [4.69, 9.17) is 23.2 Å². The minimum atomic E-state index is -1.20. The van der Waals surface area contributed by atoms with Gasteiger partial charge in [0.1, 0.15) is 16.4 Å². The van der Waals surface area contributed by atoms with E-state index >= 15 is 0 Å². The molecule has 3 fully saturated rings. The minimum Gasteiger partial charge on any atom is -0.349 e. The Hall–Kier alpha value is -2.59. The van der Waals surface area contributed by atoms with Crippen molar-refractivity contribution in [3.8, 4) is 0 Å². The van der Waals surface area contributed by atoms with Crippen molar-refractivity contribution in [3.05, 3.63) is 25.3 Å². The van der Waals surface area contributed by atoms with E-state index in [-0.39, 0.29) is 37.3 Å². The lowest BCUT2D eigenvalue weighted by Crippen LogP contribution is -2.61. The Labute approximate surface area is 258 Å². The molecule has 0 spiro atoms. The molecular formula is C30H45Cl2N5O5. The second-order valence-corrected chi connectivity index (χ2v) is 14.0.